The normalized spacial score (nSPS) is 12.3. The first-order valence-corrected chi connectivity index (χ1v) is 7.63. The molecule has 0 unspecified atom stereocenters. The fraction of sp³-hybridized carbons (Fsp3) is 0.417. The number of hydrogen-bond donors (Lipinski definition) is 0. The van der Waals surface area contributed by atoms with E-state index in [0.29, 0.717) is 12.1 Å². The second-order valence-electron chi connectivity index (χ2n) is 5.74. The molecule has 24 heavy (non-hydrogen) atoms. The first-order chi connectivity index (χ1) is 10.1. The largest absolute Gasteiger partial charge is 1.00 e. The smallest absolute Gasteiger partial charge is 0.456 e. The molecule has 130 valence electrons. The Kier molecular flexibility index (Phi) is 7.99. The van der Waals surface area contributed by atoms with Gasteiger partial charge in [-0.1, -0.05) is 9.95 Å². The van der Waals surface area contributed by atoms with E-state index in [4.69, 9.17) is 4.74 Å². The van der Waals surface area contributed by atoms with Crippen molar-refractivity contribution in [3.63, 3.8) is 0 Å². The van der Waals surface area contributed by atoms with Gasteiger partial charge in [0.15, 0.2) is 0 Å². The summed E-state index contributed by atoms with van der Waals surface area (Å²) in [7, 11) is -5.55. The van der Waals surface area contributed by atoms with E-state index < -0.39 is 45.8 Å². The van der Waals surface area contributed by atoms with Gasteiger partial charge < -0.3 is 21.9 Å². The molecule has 1 aromatic carbocycles. The maximum absolute atomic E-state index is 12.9. The van der Waals surface area contributed by atoms with Crippen LogP contribution in [0.15, 0.2) is 12.1 Å². The van der Waals surface area contributed by atoms with E-state index in [-0.39, 0.29) is 56.9 Å². The molecule has 0 saturated heterocycles. The van der Waals surface area contributed by atoms with E-state index in [1.165, 1.54) is 20.8 Å². The number of rotatable bonds is 4. The molecule has 0 heterocycles. The second-order valence-corrected chi connectivity index (χ2v) is 6.70. The fourth-order valence-electron chi connectivity index (χ4n) is 1.64. The third kappa shape index (κ3) is 7.40. The Morgan fingerprint density at radius 1 is 1.17 bits per heavy atom. The maximum atomic E-state index is 12.9. The molecule has 0 aliphatic carbocycles. The van der Waals surface area contributed by atoms with Crippen molar-refractivity contribution in [1.82, 2.24) is 0 Å². The molecule has 12 heteroatoms. The molecular weight excluding hydrogens is 382 g/mol. The van der Waals surface area contributed by atoms with Crippen molar-refractivity contribution in [1.29, 1.82) is 0 Å². The van der Waals surface area contributed by atoms with Crippen molar-refractivity contribution in [2.75, 3.05) is 0 Å². The van der Waals surface area contributed by atoms with Crippen molar-refractivity contribution >= 4 is 28.9 Å². The zero-order chi connectivity index (χ0) is 18.2. The molecule has 1 rings (SSSR count). The molecule has 0 bridgehead atoms. The predicted molar refractivity (Wildman–Crippen MR) is 75.7 cm³/mol. The Balaban J connectivity index is 0.00000529. The molecule has 5 nitrogen and oxygen atoms in total. The van der Waals surface area contributed by atoms with Crippen LogP contribution in [0.2, 0.25) is 0 Å². The van der Waals surface area contributed by atoms with Gasteiger partial charge in [0.25, 0.3) is 0 Å². The van der Waals surface area contributed by atoms with Crippen LogP contribution in [0, 0.1) is 6.92 Å². The van der Waals surface area contributed by atoms with Gasteiger partial charge in [-0.15, -0.1) is 5.46 Å². The summed E-state index contributed by atoms with van der Waals surface area (Å²) in [6.45, 7) is 0.0447. The Labute approximate surface area is 180 Å². The molecule has 0 N–H and O–H groups in total. The Hall–Kier alpha value is -0.139. The Bertz CT molecular complexity index is 728. The number of benzene rings is 1. The van der Waals surface area contributed by atoms with Crippen molar-refractivity contribution in [3.8, 4) is 5.75 Å². The van der Waals surface area contributed by atoms with Crippen LogP contribution in [0.4, 0.5) is 16.8 Å². The van der Waals surface area contributed by atoms with Gasteiger partial charge in [0.2, 0.25) is 0 Å². The van der Waals surface area contributed by atoms with Crippen LogP contribution >= 0.6 is 0 Å². The predicted octanol–water partition coefficient (Wildman–Crippen LogP) is -0.398. The molecule has 0 aliphatic heterocycles. The van der Waals surface area contributed by atoms with Crippen molar-refractivity contribution in [3.05, 3.63) is 23.3 Å². The van der Waals surface area contributed by atoms with Gasteiger partial charge in [-0.2, -0.15) is 8.42 Å². The van der Waals surface area contributed by atoms with Crippen LogP contribution in [-0.4, -0.2) is 27.0 Å². The average molecular weight is 396 g/mol. The molecule has 0 amide bonds. The molecule has 1 aromatic rings. The van der Waals surface area contributed by atoms with Gasteiger partial charge >= 0.3 is 74.8 Å². The minimum Gasteiger partial charge on any atom is -0.456 e. The second kappa shape index (κ2) is 8.04. The first kappa shape index (κ1) is 23.9. The van der Waals surface area contributed by atoms with Crippen LogP contribution in [-0.2, 0) is 15.2 Å². The monoisotopic (exact) mass is 396 g/mol. The van der Waals surface area contributed by atoms with Crippen LogP contribution in [0.3, 0.4) is 0 Å². The first-order valence-electron chi connectivity index (χ1n) is 6.32. The van der Waals surface area contributed by atoms with Crippen molar-refractivity contribution in [2.24, 2.45) is 0 Å². The minimum absolute atomic E-state index is 0. The standard InChI is InChI=1S/C12H14BF4O5S.K/c1-7-9(11(18)21-12(2,3)4)5-8(13(14,15)16)6-10(7)22-23(17,19)20;/h5-6H,1-4H3;/q-1;+1. The molecule has 0 radical (unpaired) electrons. The zero-order valence-corrected chi connectivity index (χ0v) is 17.6. The molecule has 0 atom stereocenters. The van der Waals surface area contributed by atoms with E-state index in [1.54, 1.807) is 0 Å². The average Bonchev–Trinajstić information content (AvgIpc) is 2.25. The number of hydrogen-bond acceptors (Lipinski definition) is 5. The molecule has 0 fully saturated rings. The van der Waals surface area contributed by atoms with E-state index in [9.17, 15) is 30.0 Å². The van der Waals surface area contributed by atoms with Crippen LogP contribution in [0.1, 0.15) is 36.7 Å². The van der Waals surface area contributed by atoms with Gasteiger partial charge in [-0.25, -0.2) is 4.79 Å². The summed E-state index contributed by atoms with van der Waals surface area (Å²) in [5.74, 6) is -2.04. The minimum atomic E-state index is -5.58. The summed E-state index contributed by atoms with van der Waals surface area (Å²) in [6, 6.07) is 0.835. The molecular formula is C12H14BF4KO5S. The van der Waals surface area contributed by atoms with Crippen LogP contribution in [0.5, 0.6) is 5.75 Å². The summed E-state index contributed by atoms with van der Waals surface area (Å²) in [5, 5.41) is 0. The van der Waals surface area contributed by atoms with Crippen molar-refractivity contribution in [2.45, 2.75) is 33.3 Å². The summed E-state index contributed by atoms with van der Waals surface area (Å²) >= 11 is 0. The van der Waals surface area contributed by atoms with Crippen molar-refractivity contribution < 1.29 is 90.3 Å². The third-order valence-corrected chi connectivity index (χ3v) is 2.95. The molecule has 0 aliphatic rings. The fourth-order valence-corrected chi connectivity index (χ4v) is 2.02. The molecule has 0 aromatic heterocycles. The van der Waals surface area contributed by atoms with Gasteiger partial charge in [0.1, 0.15) is 11.4 Å². The third-order valence-electron chi connectivity index (χ3n) is 2.57. The summed E-state index contributed by atoms with van der Waals surface area (Å²) in [6.07, 6.45) is 0. The van der Waals surface area contributed by atoms with E-state index in [2.05, 4.69) is 4.18 Å². The van der Waals surface area contributed by atoms with E-state index >= 15 is 0 Å². The number of carbonyl (C=O) groups excluding carboxylic acids is 1. The Morgan fingerprint density at radius 2 is 1.67 bits per heavy atom. The summed E-state index contributed by atoms with van der Waals surface area (Å²) in [5.41, 5.74) is -3.15. The Morgan fingerprint density at radius 3 is 2.04 bits per heavy atom. The number of ether oxygens (including phenoxy) is 1. The van der Waals surface area contributed by atoms with Crippen LogP contribution in [0.25, 0.3) is 0 Å². The topological polar surface area (TPSA) is 69.7 Å². The van der Waals surface area contributed by atoms with Gasteiger partial charge in [0.05, 0.1) is 5.56 Å². The number of carbonyl (C=O) groups is 1. The van der Waals surface area contributed by atoms with Gasteiger partial charge in [-0.3, -0.25) is 0 Å². The van der Waals surface area contributed by atoms with E-state index in [1.807, 2.05) is 0 Å². The maximum Gasteiger partial charge on any atom is 1.00 e. The summed E-state index contributed by atoms with van der Waals surface area (Å²) < 4.78 is 81.4. The molecule has 0 spiro atoms. The van der Waals surface area contributed by atoms with Gasteiger partial charge in [0, 0.05) is 5.56 Å². The van der Waals surface area contributed by atoms with Gasteiger partial charge in [-0.05, 0) is 33.8 Å². The number of esters is 1. The van der Waals surface area contributed by atoms with E-state index in [0.717, 1.165) is 6.92 Å². The SMILES string of the molecule is Cc1c(OS(=O)(=O)F)cc([B-](F)(F)F)cc1C(=O)OC(C)(C)C.[K+]. The zero-order valence-electron chi connectivity index (χ0n) is 13.7. The van der Waals surface area contributed by atoms with Crippen LogP contribution < -0.4 is 61.0 Å². The number of halogens is 4. The molecule has 0 saturated carbocycles. The quantitative estimate of drug-likeness (QED) is 0.300. The summed E-state index contributed by atoms with van der Waals surface area (Å²) in [4.78, 5) is 12.0.